The van der Waals surface area contributed by atoms with Crippen molar-refractivity contribution in [2.75, 3.05) is 6.54 Å². The maximum absolute atomic E-state index is 5.00. The molecule has 0 atom stereocenters. The lowest BCUT2D eigenvalue weighted by Crippen LogP contribution is -2.21. The highest BCUT2D eigenvalue weighted by molar-refractivity contribution is 5.27. The van der Waals surface area contributed by atoms with Crippen LogP contribution in [0.4, 0.5) is 0 Å². The van der Waals surface area contributed by atoms with Crippen molar-refractivity contribution in [1.82, 2.24) is 15.1 Å². The molecule has 1 fully saturated rings. The molecule has 0 spiro atoms. The average Bonchev–Trinajstić information content (AvgIpc) is 2.90. The molecule has 1 N–H and O–H groups in total. The number of hydrogen-bond acceptors (Lipinski definition) is 2. The van der Waals surface area contributed by atoms with Crippen molar-refractivity contribution in [1.29, 1.82) is 0 Å². The van der Waals surface area contributed by atoms with Gasteiger partial charge in [0.2, 0.25) is 0 Å². The lowest BCUT2D eigenvalue weighted by Gasteiger charge is -2.29. The Kier molecular flexibility index (Phi) is 6.28. The Morgan fingerprint density at radius 1 is 1.05 bits per heavy atom. The van der Waals surface area contributed by atoms with E-state index >= 15 is 0 Å². The molecule has 1 aliphatic rings. The molecule has 0 unspecified atom stereocenters. The van der Waals surface area contributed by atoms with Crippen LogP contribution in [0.5, 0.6) is 0 Å². The summed E-state index contributed by atoms with van der Waals surface area (Å²) in [6.45, 7) is 11.0. The maximum atomic E-state index is 5.00. The van der Waals surface area contributed by atoms with Crippen LogP contribution < -0.4 is 5.32 Å². The Morgan fingerprint density at radius 3 is 2.29 bits per heavy atom. The van der Waals surface area contributed by atoms with E-state index in [-0.39, 0.29) is 0 Å². The Bertz CT molecular complexity index is 428. The van der Waals surface area contributed by atoms with E-state index in [1.165, 1.54) is 49.1 Å². The highest BCUT2D eigenvalue weighted by Crippen LogP contribution is 2.35. The van der Waals surface area contributed by atoms with Crippen LogP contribution in [0, 0.1) is 5.92 Å². The predicted molar refractivity (Wildman–Crippen MR) is 89.6 cm³/mol. The van der Waals surface area contributed by atoms with E-state index in [0.717, 1.165) is 31.8 Å². The predicted octanol–water partition coefficient (Wildman–Crippen LogP) is 4.26. The minimum atomic E-state index is 0.642. The van der Waals surface area contributed by atoms with Crippen molar-refractivity contribution in [2.24, 2.45) is 5.92 Å². The van der Waals surface area contributed by atoms with Crippen molar-refractivity contribution in [3.8, 4) is 0 Å². The number of aromatic nitrogens is 2. The number of aryl methyl sites for hydroxylation is 1. The highest BCUT2D eigenvalue weighted by Gasteiger charge is 2.25. The summed E-state index contributed by atoms with van der Waals surface area (Å²) in [5.41, 5.74) is 4.26. The summed E-state index contributed by atoms with van der Waals surface area (Å²) < 4.78 is 2.40. The van der Waals surface area contributed by atoms with Crippen molar-refractivity contribution in [3.05, 3.63) is 17.0 Å². The number of nitrogens with one attached hydrogen (secondary N) is 1. The third-order valence-electron chi connectivity index (χ3n) is 5.16. The van der Waals surface area contributed by atoms with E-state index in [2.05, 4.69) is 37.7 Å². The van der Waals surface area contributed by atoms with Gasteiger partial charge in [-0.25, -0.2) is 0 Å². The number of nitrogens with zero attached hydrogens (tertiary/aromatic N) is 2. The normalized spacial score (nSPS) is 22.7. The molecule has 21 heavy (non-hydrogen) atoms. The molecule has 3 heteroatoms. The highest BCUT2D eigenvalue weighted by atomic mass is 15.3. The van der Waals surface area contributed by atoms with Crippen LogP contribution >= 0.6 is 0 Å². The molecule has 1 aromatic rings. The van der Waals surface area contributed by atoms with Gasteiger partial charge in [-0.15, -0.1) is 0 Å². The molecule has 0 aromatic carbocycles. The molecule has 3 nitrogen and oxygen atoms in total. The molecule has 0 radical (unpaired) electrons. The van der Waals surface area contributed by atoms with Gasteiger partial charge in [0.15, 0.2) is 0 Å². The first kappa shape index (κ1) is 16.5. The Morgan fingerprint density at radius 2 is 1.76 bits per heavy atom. The maximum Gasteiger partial charge on any atom is 0.0669 e. The molecule has 0 saturated heterocycles. The van der Waals surface area contributed by atoms with Gasteiger partial charge in [-0.2, -0.15) is 5.10 Å². The van der Waals surface area contributed by atoms with E-state index in [1.807, 2.05) is 0 Å². The van der Waals surface area contributed by atoms with Crippen LogP contribution in [0.25, 0.3) is 0 Å². The molecule has 120 valence electrons. The topological polar surface area (TPSA) is 29.9 Å². The minimum Gasteiger partial charge on any atom is -0.313 e. The summed E-state index contributed by atoms with van der Waals surface area (Å²) in [6, 6.07) is 0.642. The van der Waals surface area contributed by atoms with Crippen molar-refractivity contribution >= 4 is 0 Å². The summed E-state index contributed by atoms with van der Waals surface area (Å²) >= 11 is 0. The first-order valence-electron chi connectivity index (χ1n) is 9.04. The number of rotatable bonds is 7. The standard InChI is InChI=1S/C18H33N3/c1-5-14-9-11-15(12-10-14)21-18(7-3)16(13-19-8-4)17(6-2)20-21/h14-15,19H,5-13H2,1-4H3. The zero-order chi connectivity index (χ0) is 15.2. The van der Waals surface area contributed by atoms with Gasteiger partial charge in [0.1, 0.15) is 0 Å². The molecular weight excluding hydrogens is 258 g/mol. The Hall–Kier alpha value is -0.830. The first-order chi connectivity index (χ1) is 10.2. The van der Waals surface area contributed by atoms with Gasteiger partial charge < -0.3 is 5.32 Å². The quantitative estimate of drug-likeness (QED) is 0.813. The van der Waals surface area contributed by atoms with Gasteiger partial charge in [-0.3, -0.25) is 4.68 Å². The molecule has 2 rings (SSSR count). The van der Waals surface area contributed by atoms with Gasteiger partial charge in [-0.05, 0) is 51.0 Å². The summed E-state index contributed by atoms with van der Waals surface area (Å²) in [7, 11) is 0. The van der Waals surface area contributed by atoms with Crippen LogP contribution in [-0.2, 0) is 19.4 Å². The Labute approximate surface area is 130 Å². The third-order valence-corrected chi connectivity index (χ3v) is 5.16. The summed E-state index contributed by atoms with van der Waals surface area (Å²) in [6.07, 6.45) is 8.89. The molecular formula is C18H33N3. The van der Waals surface area contributed by atoms with Crippen LogP contribution in [0.1, 0.15) is 82.8 Å². The van der Waals surface area contributed by atoms with Gasteiger partial charge in [0.05, 0.1) is 11.7 Å². The first-order valence-corrected chi connectivity index (χ1v) is 9.04. The van der Waals surface area contributed by atoms with Crippen LogP contribution in [0.15, 0.2) is 0 Å². The smallest absolute Gasteiger partial charge is 0.0669 e. The fourth-order valence-electron chi connectivity index (χ4n) is 3.77. The molecule has 1 aliphatic carbocycles. The van der Waals surface area contributed by atoms with E-state index in [1.54, 1.807) is 0 Å². The lowest BCUT2D eigenvalue weighted by molar-refractivity contribution is 0.252. The van der Waals surface area contributed by atoms with Crippen molar-refractivity contribution in [3.63, 3.8) is 0 Å². The minimum absolute atomic E-state index is 0.642. The number of hydrogen-bond donors (Lipinski definition) is 1. The van der Waals surface area contributed by atoms with Crippen LogP contribution in [0.2, 0.25) is 0 Å². The van der Waals surface area contributed by atoms with Crippen LogP contribution in [0.3, 0.4) is 0 Å². The molecule has 0 bridgehead atoms. The molecule has 0 amide bonds. The molecule has 1 saturated carbocycles. The SMILES string of the molecule is CCNCc1c(CC)nn(C2CCC(CC)CC2)c1CC. The average molecular weight is 291 g/mol. The molecule has 1 aromatic heterocycles. The van der Waals surface area contributed by atoms with Gasteiger partial charge in [0, 0.05) is 17.8 Å². The second kappa shape index (κ2) is 7.98. The van der Waals surface area contributed by atoms with Crippen molar-refractivity contribution in [2.45, 2.75) is 85.2 Å². The summed E-state index contributed by atoms with van der Waals surface area (Å²) in [5.74, 6) is 0.953. The largest absolute Gasteiger partial charge is 0.313 e. The summed E-state index contributed by atoms with van der Waals surface area (Å²) in [4.78, 5) is 0. The van der Waals surface area contributed by atoms with E-state index in [9.17, 15) is 0 Å². The molecule has 1 heterocycles. The molecule has 0 aliphatic heterocycles. The van der Waals surface area contributed by atoms with E-state index < -0.39 is 0 Å². The van der Waals surface area contributed by atoms with Gasteiger partial charge in [0.25, 0.3) is 0 Å². The van der Waals surface area contributed by atoms with Gasteiger partial charge >= 0.3 is 0 Å². The second-order valence-electron chi connectivity index (χ2n) is 6.39. The van der Waals surface area contributed by atoms with E-state index in [4.69, 9.17) is 5.10 Å². The summed E-state index contributed by atoms with van der Waals surface area (Å²) in [5, 5.41) is 8.50. The third kappa shape index (κ3) is 3.68. The van der Waals surface area contributed by atoms with Gasteiger partial charge in [-0.1, -0.05) is 34.1 Å². The Balaban J connectivity index is 2.20. The fraction of sp³-hybridized carbons (Fsp3) is 0.833. The van der Waals surface area contributed by atoms with Crippen LogP contribution in [-0.4, -0.2) is 16.3 Å². The lowest BCUT2D eigenvalue weighted by atomic mass is 9.84. The second-order valence-corrected chi connectivity index (χ2v) is 6.39. The van der Waals surface area contributed by atoms with Crippen molar-refractivity contribution < 1.29 is 0 Å². The monoisotopic (exact) mass is 291 g/mol. The zero-order valence-electron chi connectivity index (χ0n) is 14.4. The fourth-order valence-corrected chi connectivity index (χ4v) is 3.77. The zero-order valence-corrected chi connectivity index (χ0v) is 14.4. The van der Waals surface area contributed by atoms with E-state index in [0.29, 0.717) is 6.04 Å².